The molecular formula is C26H26O8. The Bertz CT molecular complexity index is 1330. The minimum atomic E-state index is -0.982. The second-order valence-electron chi connectivity index (χ2n) is 7.63. The van der Waals surface area contributed by atoms with Gasteiger partial charge in [0.2, 0.25) is 0 Å². The van der Waals surface area contributed by atoms with Crippen molar-refractivity contribution in [3.8, 4) is 23.0 Å². The van der Waals surface area contributed by atoms with E-state index in [0.29, 0.717) is 47.2 Å². The Balaban J connectivity index is 0.000000197. The van der Waals surface area contributed by atoms with Crippen molar-refractivity contribution in [1.29, 1.82) is 0 Å². The zero-order chi connectivity index (χ0) is 24.8. The largest absolute Gasteiger partial charge is 0.507 e. The Kier molecular flexibility index (Phi) is 7.63. The van der Waals surface area contributed by atoms with Crippen molar-refractivity contribution in [2.75, 3.05) is 20.8 Å². The van der Waals surface area contributed by atoms with E-state index >= 15 is 0 Å². The zero-order valence-electron chi connectivity index (χ0n) is 19.4. The van der Waals surface area contributed by atoms with E-state index in [0.717, 1.165) is 17.2 Å². The molecule has 1 aliphatic heterocycles. The van der Waals surface area contributed by atoms with E-state index in [1.54, 1.807) is 38.3 Å². The average molecular weight is 466 g/mol. The van der Waals surface area contributed by atoms with Crippen molar-refractivity contribution in [2.24, 2.45) is 0 Å². The van der Waals surface area contributed by atoms with Crippen LogP contribution in [0.15, 0.2) is 57.3 Å². The summed E-state index contributed by atoms with van der Waals surface area (Å²) in [4.78, 5) is 22.3. The van der Waals surface area contributed by atoms with E-state index in [4.69, 9.17) is 23.7 Å². The Hall–Kier alpha value is -4.20. The van der Waals surface area contributed by atoms with Gasteiger partial charge in [0.15, 0.2) is 16.9 Å². The maximum atomic E-state index is 12.0. The molecule has 0 radical (unpaired) electrons. The highest BCUT2D eigenvalue weighted by molar-refractivity contribution is 5.87. The Morgan fingerprint density at radius 2 is 1.82 bits per heavy atom. The third-order valence-electron chi connectivity index (χ3n) is 5.12. The number of carbonyl (C=O) groups is 1. The molecule has 1 aromatic heterocycles. The summed E-state index contributed by atoms with van der Waals surface area (Å²) in [6, 6.07) is 8.25. The van der Waals surface area contributed by atoms with Gasteiger partial charge in [0.25, 0.3) is 0 Å². The number of hydrogen-bond donors (Lipinski definition) is 2. The van der Waals surface area contributed by atoms with Crippen LogP contribution < -0.4 is 19.6 Å². The molecule has 0 atom stereocenters. The molecule has 0 amide bonds. The number of methoxy groups -OCH3 is 2. The van der Waals surface area contributed by atoms with Gasteiger partial charge in [0.05, 0.1) is 14.2 Å². The van der Waals surface area contributed by atoms with Crippen LogP contribution in [-0.4, -0.2) is 37.0 Å². The summed E-state index contributed by atoms with van der Waals surface area (Å²) in [6.45, 7) is 4.15. The van der Waals surface area contributed by atoms with Crippen molar-refractivity contribution in [3.63, 3.8) is 0 Å². The van der Waals surface area contributed by atoms with Crippen LogP contribution in [0.5, 0.6) is 23.0 Å². The van der Waals surface area contributed by atoms with E-state index in [9.17, 15) is 14.7 Å². The first-order valence-corrected chi connectivity index (χ1v) is 10.4. The van der Waals surface area contributed by atoms with Gasteiger partial charge in [0, 0.05) is 23.8 Å². The third kappa shape index (κ3) is 5.58. The fourth-order valence-corrected chi connectivity index (χ4v) is 3.42. The van der Waals surface area contributed by atoms with Gasteiger partial charge in [-0.2, -0.15) is 0 Å². The van der Waals surface area contributed by atoms with Gasteiger partial charge in [-0.05, 0) is 49.6 Å². The van der Waals surface area contributed by atoms with E-state index in [2.05, 4.69) is 0 Å². The monoisotopic (exact) mass is 466 g/mol. The van der Waals surface area contributed by atoms with Crippen molar-refractivity contribution in [2.45, 2.75) is 20.3 Å². The lowest BCUT2D eigenvalue weighted by Crippen LogP contribution is -2.04. The highest BCUT2D eigenvalue weighted by atomic mass is 16.5. The number of fused-ring (bicyclic) bond motifs is 2. The lowest BCUT2D eigenvalue weighted by molar-refractivity contribution is -0.131. The lowest BCUT2D eigenvalue weighted by Gasteiger charge is -2.11. The predicted molar refractivity (Wildman–Crippen MR) is 128 cm³/mol. The molecule has 0 fully saturated rings. The lowest BCUT2D eigenvalue weighted by atomic mass is 10.0. The van der Waals surface area contributed by atoms with Gasteiger partial charge < -0.3 is 28.8 Å². The average Bonchev–Trinajstić information content (AvgIpc) is 2.99. The number of carboxylic acid groups (broad SMARTS) is 1. The number of hydrogen-bond acceptors (Lipinski definition) is 7. The normalized spacial score (nSPS) is 12.6. The zero-order valence-corrected chi connectivity index (χ0v) is 19.4. The molecule has 4 rings (SSSR count). The Labute approximate surface area is 196 Å². The number of aryl methyl sites for hydroxylation is 1. The molecule has 0 bridgehead atoms. The van der Waals surface area contributed by atoms with Crippen LogP contribution in [0, 0.1) is 6.92 Å². The summed E-state index contributed by atoms with van der Waals surface area (Å²) in [5, 5.41) is 19.0. The molecule has 0 unspecified atom stereocenters. The molecule has 34 heavy (non-hydrogen) atoms. The summed E-state index contributed by atoms with van der Waals surface area (Å²) in [7, 11) is 3.08. The van der Waals surface area contributed by atoms with Crippen molar-refractivity contribution in [3.05, 3.63) is 75.2 Å². The van der Waals surface area contributed by atoms with Crippen molar-refractivity contribution < 1.29 is 33.6 Å². The van der Waals surface area contributed by atoms with Gasteiger partial charge in [-0.25, -0.2) is 4.79 Å². The van der Waals surface area contributed by atoms with Gasteiger partial charge in [0.1, 0.15) is 34.8 Å². The number of phenols is 1. The third-order valence-corrected chi connectivity index (χ3v) is 5.12. The molecule has 3 aromatic rings. The molecule has 2 N–H and O–H groups in total. The first-order chi connectivity index (χ1) is 16.2. The topological polar surface area (TPSA) is 115 Å². The summed E-state index contributed by atoms with van der Waals surface area (Å²) < 4.78 is 21.3. The van der Waals surface area contributed by atoms with Gasteiger partial charge in [-0.3, -0.25) is 4.79 Å². The minimum absolute atomic E-state index is 0.0350. The number of allylic oxidation sites excluding steroid dienone is 1. The second kappa shape index (κ2) is 10.6. The predicted octanol–water partition coefficient (Wildman–Crippen LogP) is 4.49. The minimum Gasteiger partial charge on any atom is -0.507 e. The molecule has 0 aliphatic carbocycles. The summed E-state index contributed by atoms with van der Waals surface area (Å²) in [5.74, 6) is 1.26. The Morgan fingerprint density at radius 3 is 2.50 bits per heavy atom. The number of carboxylic acids is 1. The standard InChI is InChI=1S/C15H14O4.C11H12O4/c1-8-3-4-10-12(18-7-8)6-13-14(15(10)17)11(16)5-9(2)19-13;1-14-9-5-3-8(4-6-11(12)13)7-10(9)15-2/h3,5-6,17H,4,7H2,1-2H3;3-7H,1-2H3,(H,12,13). The molecule has 0 saturated carbocycles. The molecule has 0 spiro atoms. The fourth-order valence-electron chi connectivity index (χ4n) is 3.42. The number of aromatic hydroxyl groups is 1. The van der Waals surface area contributed by atoms with Crippen LogP contribution in [0.2, 0.25) is 0 Å². The van der Waals surface area contributed by atoms with Crippen LogP contribution in [0.4, 0.5) is 0 Å². The molecule has 8 nitrogen and oxygen atoms in total. The maximum Gasteiger partial charge on any atom is 0.328 e. The van der Waals surface area contributed by atoms with Crippen LogP contribution in [0.1, 0.15) is 23.8 Å². The van der Waals surface area contributed by atoms with Gasteiger partial charge >= 0.3 is 5.97 Å². The van der Waals surface area contributed by atoms with Crippen LogP contribution in [0.25, 0.3) is 17.0 Å². The Morgan fingerprint density at radius 1 is 1.09 bits per heavy atom. The molecule has 178 valence electrons. The quantitative estimate of drug-likeness (QED) is 0.427. The first-order valence-electron chi connectivity index (χ1n) is 10.4. The van der Waals surface area contributed by atoms with E-state index in [-0.39, 0.29) is 16.6 Å². The molecular weight excluding hydrogens is 440 g/mol. The fraction of sp³-hybridized carbons (Fsp3) is 0.231. The molecule has 2 aromatic carbocycles. The molecule has 2 heterocycles. The van der Waals surface area contributed by atoms with Gasteiger partial charge in [-0.15, -0.1) is 0 Å². The van der Waals surface area contributed by atoms with E-state index in [1.807, 2.05) is 13.0 Å². The number of ether oxygens (including phenoxy) is 3. The highest BCUT2D eigenvalue weighted by Gasteiger charge is 2.19. The molecule has 1 aliphatic rings. The smallest absolute Gasteiger partial charge is 0.328 e. The molecule has 0 saturated heterocycles. The highest BCUT2D eigenvalue weighted by Crippen LogP contribution is 2.37. The van der Waals surface area contributed by atoms with E-state index < -0.39 is 5.97 Å². The second-order valence-corrected chi connectivity index (χ2v) is 7.63. The summed E-state index contributed by atoms with van der Waals surface area (Å²) in [6.07, 6.45) is 5.11. The van der Waals surface area contributed by atoms with E-state index in [1.165, 1.54) is 19.3 Å². The van der Waals surface area contributed by atoms with Crippen LogP contribution in [0.3, 0.4) is 0 Å². The summed E-state index contributed by atoms with van der Waals surface area (Å²) in [5.41, 5.74) is 2.61. The van der Waals surface area contributed by atoms with Crippen LogP contribution in [-0.2, 0) is 11.2 Å². The first kappa shape index (κ1) is 24.4. The van der Waals surface area contributed by atoms with Gasteiger partial charge in [-0.1, -0.05) is 12.1 Å². The maximum absolute atomic E-state index is 12.0. The number of benzene rings is 2. The number of rotatable bonds is 4. The van der Waals surface area contributed by atoms with Crippen molar-refractivity contribution >= 4 is 23.0 Å². The molecule has 8 heteroatoms. The summed E-state index contributed by atoms with van der Waals surface area (Å²) >= 11 is 0. The number of aliphatic carboxylic acids is 1. The van der Waals surface area contributed by atoms with Crippen molar-refractivity contribution in [1.82, 2.24) is 0 Å². The van der Waals surface area contributed by atoms with Crippen LogP contribution >= 0.6 is 0 Å². The number of phenolic OH excluding ortho intramolecular Hbond substituents is 1. The SMILES string of the molecule is CC1=CCc2c(cc3oc(C)cc(=O)c3c2O)OC1.COc1ccc(C=CC(=O)O)cc1OC.